The van der Waals surface area contributed by atoms with Crippen LogP contribution >= 0.6 is 35.6 Å². The third kappa shape index (κ3) is 4.54. The molecular formula is C18H14ClNO3S2. The zero-order valence-electron chi connectivity index (χ0n) is 13.2. The molecule has 1 amide bonds. The molecule has 1 N–H and O–H groups in total. The van der Waals surface area contributed by atoms with Gasteiger partial charge in [0.1, 0.15) is 10.9 Å². The number of hydrogen-bond donors (Lipinski definition) is 1. The molecule has 0 aliphatic carbocycles. The summed E-state index contributed by atoms with van der Waals surface area (Å²) in [7, 11) is 1.58. The summed E-state index contributed by atoms with van der Waals surface area (Å²) in [6.45, 7) is 0.382. The average molecular weight is 392 g/mol. The maximum atomic E-state index is 11.8. The van der Waals surface area contributed by atoms with Gasteiger partial charge < -0.3 is 14.8 Å². The van der Waals surface area contributed by atoms with E-state index in [0.717, 1.165) is 11.1 Å². The Kier molecular flexibility index (Phi) is 5.63. The van der Waals surface area contributed by atoms with Gasteiger partial charge in [0.25, 0.3) is 5.91 Å². The van der Waals surface area contributed by atoms with Gasteiger partial charge in [-0.05, 0) is 41.5 Å². The van der Waals surface area contributed by atoms with E-state index in [1.165, 1.54) is 11.8 Å². The van der Waals surface area contributed by atoms with Gasteiger partial charge >= 0.3 is 0 Å². The first-order chi connectivity index (χ1) is 12.0. The molecule has 0 bridgehead atoms. The third-order valence-electron chi connectivity index (χ3n) is 3.44. The van der Waals surface area contributed by atoms with Gasteiger partial charge in [0, 0.05) is 5.02 Å². The Morgan fingerprint density at radius 1 is 1.20 bits per heavy atom. The molecule has 0 spiro atoms. The number of benzene rings is 2. The van der Waals surface area contributed by atoms with Crippen LogP contribution in [0.5, 0.6) is 11.5 Å². The molecule has 1 saturated heterocycles. The van der Waals surface area contributed by atoms with Crippen molar-refractivity contribution in [2.75, 3.05) is 7.11 Å². The SMILES string of the molecule is COc1ccc(/C=C2/SC(=S)NC2=O)cc1OCc1ccc(Cl)cc1. The number of halogens is 1. The lowest BCUT2D eigenvalue weighted by Crippen LogP contribution is -2.17. The van der Waals surface area contributed by atoms with E-state index in [9.17, 15) is 4.79 Å². The highest BCUT2D eigenvalue weighted by atomic mass is 35.5. The number of thiocarbonyl (C=S) groups is 1. The predicted molar refractivity (Wildman–Crippen MR) is 105 cm³/mol. The van der Waals surface area contributed by atoms with Crippen molar-refractivity contribution in [2.24, 2.45) is 0 Å². The summed E-state index contributed by atoms with van der Waals surface area (Å²) in [4.78, 5) is 12.3. The quantitative estimate of drug-likeness (QED) is 0.604. The van der Waals surface area contributed by atoms with Gasteiger partial charge in [0.05, 0.1) is 12.0 Å². The zero-order chi connectivity index (χ0) is 17.8. The Morgan fingerprint density at radius 3 is 2.60 bits per heavy atom. The molecule has 1 aliphatic heterocycles. The van der Waals surface area contributed by atoms with E-state index in [2.05, 4.69) is 5.32 Å². The second-order valence-corrected chi connectivity index (χ2v) is 7.33. The molecule has 0 unspecified atom stereocenters. The standard InChI is InChI=1S/C18H14ClNO3S2/c1-22-14-7-4-12(9-16-17(21)20-18(24)25-16)8-15(14)23-10-11-2-5-13(19)6-3-11/h2-9H,10H2,1H3,(H,20,21,24)/b16-9+. The smallest absolute Gasteiger partial charge is 0.263 e. The van der Waals surface area contributed by atoms with E-state index in [-0.39, 0.29) is 5.91 Å². The molecule has 1 heterocycles. The molecule has 1 aliphatic rings. The fraction of sp³-hybridized carbons (Fsp3) is 0.111. The number of thioether (sulfide) groups is 1. The van der Waals surface area contributed by atoms with E-state index in [1.807, 2.05) is 36.4 Å². The second-order valence-electron chi connectivity index (χ2n) is 5.18. The molecule has 0 saturated carbocycles. The number of carbonyl (C=O) groups is 1. The Balaban J connectivity index is 1.80. The number of amides is 1. The van der Waals surface area contributed by atoms with Crippen molar-refractivity contribution in [3.05, 3.63) is 63.5 Å². The highest BCUT2D eigenvalue weighted by molar-refractivity contribution is 8.26. The van der Waals surface area contributed by atoms with Crippen molar-refractivity contribution in [2.45, 2.75) is 6.61 Å². The average Bonchev–Trinajstić information content (AvgIpc) is 2.92. The minimum atomic E-state index is -0.186. The summed E-state index contributed by atoms with van der Waals surface area (Å²) in [6, 6.07) is 12.9. The van der Waals surface area contributed by atoms with E-state index in [1.54, 1.807) is 19.3 Å². The number of ether oxygens (including phenoxy) is 2. The largest absolute Gasteiger partial charge is 0.493 e. The molecule has 0 aromatic heterocycles. The minimum Gasteiger partial charge on any atom is -0.493 e. The first kappa shape index (κ1) is 17.8. The molecule has 4 nitrogen and oxygen atoms in total. The van der Waals surface area contributed by atoms with Gasteiger partial charge in [-0.15, -0.1) is 0 Å². The van der Waals surface area contributed by atoms with Crippen molar-refractivity contribution in [1.82, 2.24) is 5.32 Å². The lowest BCUT2D eigenvalue weighted by Gasteiger charge is -2.12. The summed E-state index contributed by atoms with van der Waals surface area (Å²) in [5, 5.41) is 3.28. The highest BCUT2D eigenvalue weighted by Gasteiger charge is 2.22. The Hall–Kier alpha value is -2.02. The van der Waals surface area contributed by atoms with Crippen LogP contribution < -0.4 is 14.8 Å². The van der Waals surface area contributed by atoms with Crippen molar-refractivity contribution in [3.8, 4) is 11.5 Å². The predicted octanol–water partition coefficient (Wildman–Crippen LogP) is 4.42. The number of hydrogen-bond acceptors (Lipinski definition) is 5. The first-order valence-electron chi connectivity index (χ1n) is 7.35. The molecule has 1 fully saturated rings. The van der Waals surface area contributed by atoms with Crippen molar-refractivity contribution in [1.29, 1.82) is 0 Å². The van der Waals surface area contributed by atoms with Crippen molar-refractivity contribution >= 4 is 51.9 Å². The number of carbonyl (C=O) groups excluding carboxylic acids is 1. The third-order valence-corrected chi connectivity index (χ3v) is 4.85. The molecule has 0 atom stereocenters. The molecule has 3 rings (SSSR count). The van der Waals surface area contributed by atoms with Crippen LogP contribution in [0.15, 0.2) is 47.4 Å². The summed E-state index contributed by atoms with van der Waals surface area (Å²) < 4.78 is 11.7. The number of rotatable bonds is 5. The summed E-state index contributed by atoms with van der Waals surface area (Å²) >= 11 is 12.1. The lowest BCUT2D eigenvalue weighted by atomic mass is 10.2. The van der Waals surface area contributed by atoms with Crippen LogP contribution in [-0.2, 0) is 11.4 Å². The van der Waals surface area contributed by atoms with Crippen LogP contribution in [0.3, 0.4) is 0 Å². The number of nitrogens with one attached hydrogen (secondary N) is 1. The van der Waals surface area contributed by atoms with Gasteiger partial charge in [-0.1, -0.05) is 53.8 Å². The molecular weight excluding hydrogens is 378 g/mol. The Morgan fingerprint density at radius 2 is 1.96 bits per heavy atom. The van der Waals surface area contributed by atoms with E-state index in [0.29, 0.717) is 32.4 Å². The maximum Gasteiger partial charge on any atom is 0.263 e. The number of methoxy groups -OCH3 is 1. The summed E-state index contributed by atoms with van der Waals surface area (Å²) in [5.41, 5.74) is 1.82. The van der Waals surface area contributed by atoms with Crippen LogP contribution in [0.1, 0.15) is 11.1 Å². The molecule has 2 aromatic rings. The fourth-order valence-electron chi connectivity index (χ4n) is 2.21. The van der Waals surface area contributed by atoms with Crippen molar-refractivity contribution < 1.29 is 14.3 Å². The van der Waals surface area contributed by atoms with Gasteiger partial charge in [0.15, 0.2) is 11.5 Å². The summed E-state index contributed by atoms with van der Waals surface area (Å²) in [6.07, 6.45) is 1.77. The van der Waals surface area contributed by atoms with E-state index < -0.39 is 0 Å². The Labute approximate surface area is 160 Å². The zero-order valence-corrected chi connectivity index (χ0v) is 15.6. The van der Waals surface area contributed by atoms with Crippen LogP contribution in [0, 0.1) is 0 Å². The Bertz CT molecular complexity index is 850. The highest BCUT2D eigenvalue weighted by Crippen LogP contribution is 2.32. The topological polar surface area (TPSA) is 47.6 Å². The molecule has 0 radical (unpaired) electrons. The molecule has 2 aromatic carbocycles. The fourth-order valence-corrected chi connectivity index (χ4v) is 3.38. The monoisotopic (exact) mass is 391 g/mol. The first-order valence-corrected chi connectivity index (χ1v) is 8.95. The minimum absolute atomic E-state index is 0.186. The summed E-state index contributed by atoms with van der Waals surface area (Å²) in [5.74, 6) is 1.03. The van der Waals surface area contributed by atoms with Crippen LogP contribution in [0.2, 0.25) is 5.02 Å². The maximum absolute atomic E-state index is 11.8. The van der Waals surface area contributed by atoms with Crippen LogP contribution in [0.25, 0.3) is 6.08 Å². The van der Waals surface area contributed by atoms with E-state index in [4.69, 9.17) is 33.3 Å². The van der Waals surface area contributed by atoms with Gasteiger partial charge in [-0.3, -0.25) is 4.79 Å². The van der Waals surface area contributed by atoms with Gasteiger partial charge in [-0.25, -0.2) is 0 Å². The van der Waals surface area contributed by atoms with Gasteiger partial charge in [-0.2, -0.15) is 0 Å². The van der Waals surface area contributed by atoms with Crippen molar-refractivity contribution in [3.63, 3.8) is 0 Å². The lowest BCUT2D eigenvalue weighted by molar-refractivity contribution is -0.115. The van der Waals surface area contributed by atoms with E-state index >= 15 is 0 Å². The molecule has 25 heavy (non-hydrogen) atoms. The second kappa shape index (κ2) is 7.91. The van der Waals surface area contributed by atoms with Gasteiger partial charge in [0.2, 0.25) is 0 Å². The normalized spacial score (nSPS) is 15.4. The van der Waals surface area contributed by atoms with Crippen LogP contribution in [0.4, 0.5) is 0 Å². The molecule has 7 heteroatoms. The van der Waals surface area contributed by atoms with Crippen LogP contribution in [-0.4, -0.2) is 17.3 Å². The molecule has 128 valence electrons.